The summed E-state index contributed by atoms with van der Waals surface area (Å²) < 4.78 is 31.2. The zero-order valence-corrected chi connectivity index (χ0v) is 19.2. The molecular weight excluding hydrogens is 418 g/mol. The minimum atomic E-state index is -3.75. The highest BCUT2D eigenvalue weighted by atomic mass is 32.2. The van der Waals surface area contributed by atoms with Crippen LogP contribution in [0.2, 0.25) is 0 Å². The number of esters is 1. The molecule has 1 aliphatic heterocycles. The van der Waals surface area contributed by atoms with E-state index in [1.165, 1.54) is 11.1 Å². The number of ketones is 1. The third-order valence-electron chi connectivity index (χ3n) is 5.97. The van der Waals surface area contributed by atoms with Gasteiger partial charge in [-0.05, 0) is 69.9 Å². The van der Waals surface area contributed by atoms with Crippen molar-refractivity contribution in [3.63, 3.8) is 0 Å². The molecular formula is C22H29N3O5S. The van der Waals surface area contributed by atoms with Gasteiger partial charge in [0, 0.05) is 35.7 Å². The molecule has 0 unspecified atom stereocenters. The van der Waals surface area contributed by atoms with E-state index in [1.54, 1.807) is 0 Å². The normalized spacial score (nSPS) is 15.8. The Bertz CT molecular complexity index is 1110. The fourth-order valence-corrected chi connectivity index (χ4v) is 4.71. The van der Waals surface area contributed by atoms with Gasteiger partial charge in [0.1, 0.15) is 0 Å². The van der Waals surface area contributed by atoms with Gasteiger partial charge in [-0.2, -0.15) is 12.7 Å². The van der Waals surface area contributed by atoms with Crippen molar-refractivity contribution in [2.75, 3.05) is 19.7 Å². The van der Waals surface area contributed by atoms with Crippen LogP contribution in [0.3, 0.4) is 0 Å². The second kappa shape index (κ2) is 8.94. The molecule has 0 atom stereocenters. The number of carbonyl (C=O) groups excluding carboxylic acids is 2. The van der Waals surface area contributed by atoms with Crippen molar-refractivity contribution >= 4 is 22.0 Å². The van der Waals surface area contributed by atoms with Gasteiger partial charge in [0.25, 0.3) is 10.2 Å². The summed E-state index contributed by atoms with van der Waals surface area (Å²) in [6, 6.07) is 7.96. The van der Waals surface area contributed by atoms with Gasteiger partial charge < -0.3 is 9.30 Å². The Kier molecular flexibility index (Phi) is 6.68. The van der Waals surface area contributed by atoms with Crippen LogP contribution in [0, 0.1) is 33.6 Å². The molecule has 3 rings (SSSR count). The molecule has 1 aliphatic rings. The smallest absolute Gasteiger partial charge is 0.309 e. The third-order valence-corrected chi connectivity index (χ3v) is 7.06. The highest BCUT2D eigenvalue weighted by molar-refractivity contribution is 7.86. The molecule has 0 amide bonds. The summed E-state index contributed by atoms with van der Waals surface area (Å²) in [5.41, 5.74) is 5.59. The van der Waals surface area contributed by atoms with Gasteiger partial charge in [-0.1, -0.05) is 6.07 Å². The average molecular weight is 448 g/mol. The number of carbonyl (C=O) groups is 2. The maximum absolute atomic E-state index is 12.8. The Morgan fingerprint density at radius 3 is 2.29 bits per heavy atom. The molecule has 2 heterocycles. The lowest BCUT2D eigenvalue weighted by Crippen LogP contribution is -2.43. The molecule has 0 spiro atoms. The molecule has 1 aromatic carbocycles. The minimum Gasteiger partial charge on any atom is -0.457 e. The maximum Gasteiger partial charge on any atom is 0.309 e. The predicted molar refractivity (Wildman–Crippen MR) is 117 cm³/mol. The molecule has 9 heteroatoms. The van der Waals surface area contributed by atoms with E-state index in [9.17, 15) is 18.0 Å². The van der Waals surface area contributed by atoms with Crippen molar-refractivity contribution in [3.05, 3.63) is 52.3 Å². The van der Waals surface area contributed by atoms with E-state index in [1.807, 2.05) is 43.5 Å². The number of nitrogens with two attached hydrogens (primary N) is 1. The number of hydrogen-bond acceptors (Lipinski definition) is 5. The van der Waals surface area contributed by atoms with Gasteiger partial charge >= 0.3 is 5.97 Å². The first-order chi connectivity index (χ1) is 14.5. The Morgan fingerprint density at radius 1 is 1.06 bits per heavy atom. The van der Waals surface area contributed by atoms with E-state index in [-0.39, 0.29) is 25.5 Å². The molecule has 1 fully saturated rings. The zero-order valence-electron chi connectivity index (χ0n) is 18.3. The number of Topliss-reactive ketones (excluding diaryl/α,β-unsaturated/α-hetero) is 1. The van der Waals surface area contributed by atoms with E-state index in [0.717, 1.165) is 21.4 Å². The number of ether oxygens (including phenoxy) is 1. The molecule has 31 heavy (non-hydrogen) atoms. The van der Waals surface area contributed by atoms with Crippen molar-refractivity contribution in [1.29, 1.82) is 0 Å². The number of piperidine rings is 1. The fourth-order valence-electron chi connectivity index (χ4n) is 3.99. The van der Waals surface area contributed by atoms with E-state index < -0.39 is 22.1 Å². The largest absolute Gasteiger partial charge is 0.457 e. The number of rotatable bonds is 6. The van der Waals surface area contributed by atoms with Crippen LogP contribution in [-0.2, 0) is 19.7 Å². The second-order valence-corrected chi connectivity index (χ2v) is 9.68. The van der Waals surface area contributed by atoms with Crippen LogP contribution in [0.1, 0.15) is 45.7 Å². The van der Waals surface area contributed by atoms with Crippen LogP contribution in [0.25, 0.3) is 5.69 Å². The van der Waals surface area contributed by atoms with Crippen LogP contribution >= 0.6 is 0 Å². The molecule has 1 saturated heterocycles. The third kappa shape index (κ3) is 5.06. The lowest BCUT2D eigenvalue weighted by molar-refractivity contribution is -0.148. The Hall–Kier alpha value is -2.49. The molecule has 2 N–H and O–H groups in total. The topological polar surface area (TPSA) is 112 Å². The highest BCUT2D eigenvalue weighted by Gasteiger charge is 2.30. The van der Waals surface area contributed by atoms with Crippen LogP contribution in [0.5, 0.6) is 0 Å². The van der Waals surface area contributed by atoms with Gasteiger partial charge in [-0.3, -0.25) is 9.59 Å². The number of nitrogens with zero attached hydrogens (tertiary/aromatic N) is 2. The molecule has 0 bridgehead atoms. The summed E-state index contributed by atoms with van der Waals surface area (Å²) in [5, 5.41) is 5.12. The van der Waals surface area contributed by atoms with Crippen molar-refractivity contribution in [2.24, 2.45) is 11.1 Å². The van der Waals surface area contributed by atoms with Gasteiger partial charge in [-0.15, -0.1) is 0 Å². The fraction of sp³-hybridized carbons (Fsp3) is 0.455. The molecule has 0 radical (unpaired) electrons. The second-order valence-electron chi connectivity index (χ2n) is 8.14. The lowest BCUT2D eigenvalue weighted by Gasteiger charge is -2.28. The van der Waals surface area contributed by atoms with Crippen molar-refractivity contribution in [2.45, 2.75) is 40.5 Å². The number of aromatic nitrogens is 1. The molecule has 0 aliphatic carbocycles. The van der Waals surface area contributed by atoms with Gasteiger partial charge in [0.2, 0.25) is 5.78 Å². The van der Waals surface area contributed by atoms with Crippen molar-refractivity contribution in [1.82, 2.24) is 8.87 Å². The number of hydrogen-bond donors (Lipinski definition) is 1. The highest BCUT2D eigenvalue weighted by Crippen LogP contribution is 2.24. The summed E-state index contributed by atoms with van der Waals surface area (Å²) >= 11 is 0. The lowest BCUT2D eigenvalue weighted by atomic mass is 9.98. The first-order valence-corrected chi connectivity index (χ1v) is 11.7. The Balaban J connectivity index is 1.65. The van der Waals surface area contributed by atoms with Crippen molar-refractivity contribution < 1.29 is 22.7 Å². The molecule has 168 valence electrons. The minimum absolute atomic E-state index is 0.170. The number of aryl methyl sites for hydroxylation is 3. The van der Waals surface area contributed by atoms with E-state index in [4.69, 9.17) is 9.88 Å². The van der Waals surface area contributed by atoms with Gasteiger partial charge in [0.15, 0.2) is 6.61 Å². The molecule has 0 saturated carbocycles. The van der Waals surface area contributed by atoms with E-state index in [2.05, 4.69) is 13.0 Å². The SMILES string of the molecule is Cc1ccc(-n2c(C)cc(C(=O)COC(=O)C3CCN(S(N)(=O)=O)CC3)c2C)cc1C. The summed E-state index contributed by atoms with van der Waals surface area (Å²) in [6.45, 7) is 7.91. The summed E-state index contributed by atoms with van der Waals surface area (Å²) in [7, 11) is -3.75. The van der Waals surface area contributed by atoms with Crippen molar-refractivity contribution in [3.8, 4) is 5.69 Å². The monoisotopic (exact) mass is 447 g/mol. The first kappa shape index (κ1) is 23.2. The summed E-state index contributed by atoms with van der Waals surface area (Å²) in [5.74, 6) is -1.18. The maximum atomic E-state index is 12.8. The van der Waals surface area contributed by atoms with E-state index in [0.29, 0.717) is 18.4 Å². The molecule has 8 nitrogen and oxygen atoms in total. The standard InChI is InChI=1S/C22H29N3O5S/c1-14-5-6-19(11-15(14)2)25-16(3)12-20(17(25)4)21(26)13-30-22(27)18-7-9-24(10-8-18)31(23,28)29/h5-6,11-12,18H,7-10,13H2,1-4H3,(H2,23,28,29). The number of benzene rings is 1. The first-order valence-electron chi connectivity index (χ1n) is 10.2. The quantitative estimate of drug-likeness (QED) is 0.540. The molecule has 1 aromatic heterocycles. The van der Waals surface area contributed by atoms with Crippen LogP contribution in [0.15, 0.2) is 24.3 Å². The van der Waals surface area contributed by atoms with Gasteiger partial charge in [0.05, 0.1) is 5.92 Å². The van der Waals surface area contributed by atoms with Gasteiger partial charge in [-0.25, -0.2) is 5.14 Å². The average Bonchev–Trinajstić information content (AvgIpc) is 3.01. The summed E-state index contributed by atoms with van der Waals surface area (Å²) in [6.07, 6.45) is 0.648. The zero-order chi connectivity index (χ0) is 22.9. The van der Waals surface area contributed by atoms with Crippen LogP contribution < -0.4 is 5.14 Å². The van der Waals surface area contributed by atoms with Crippen LogP contribution in [0.4, 0.5) is 0 Å². The summed E-state index contributed by atoms with van der Waals surface area (Å²) in [4.78, 5) is 25.1. The van der Waals surface area contributed by atoms with E-state index >= 15 is 0 Å². The predicted octanol–water partition coefficient (Wildman–Crippen LogP) is 2.35. The van der Waals surface area contributed by atoms with Crippen LogP contribution in [-0.4, -0.2) is 48.7 Å². The molecule has 2 aromatic rings. The Morgan fingerprint density at radius 2 is 1.71 bits per heavy atom. The Labute approximate surface area is 183 Å².